The normalized spacial score (nSPS) is 10.5. The average molecular weight is 329 g/mol. The molecule has 0 saturated heterocycles. The van der Waals surface area contributed by atoms with Gasteiger partial charge < -0.3 is 14.1 Å². The molecule has 0 unspecified atom stereocenters. The Morgan fingerprint density at radius 1 is 1.30 bits per heavy atom. The van der Waals surface area contributed by atoms with E-state index >= 15 is 0 Å². The van der Waals surface area contributed by atoms with Crippen LogP contribution in [0.5, 0.6) is 0 Å². The third-order valence-electron chi connectivity index (χ3n) is 3.06. The molecule has 0 fully saturated rings. The molecule has 0 amide bonds. The highest BCUT2D eigenvalue weighted by Gasteiger charge is 2.16. The van der Waals surface area contributed by atoms with E-state index in [1.54, 1.807) is 29.4 Å². The van der Waals surface area contributed by atoms with Gasteiger partial charge in [-0.15, -0.1) is 11.3 Å². The summed E-state index contributed by atoms with van der Waals surface area (Å²) < 4.78 is 10.9. The smallest absolute Gasteiger partial charge is 0.342 e. The van der Waals surface area contributed by atoms with Crippen molar-refractivity contribution in [1.82, 2.24) is 9.97 Å². The second-order valence-electron chi connectivity index (χ2n) is 4.95. The Balaban J connectivity index is 1.68. The minimum Gasteiger partial charge on any atom is -0.454 e. The van der Waals surface area contributed by atoms with Gasteiger partial charge in [0, 0.05) is 20.3 Å². The molecule has 0 aliphatic carbocycles. The van der Waals surface area contributed by atoms with Crippen molar-refractivity contribution in [2.75, 3.05) is 19.0 Å². The number of esters is 1. The van der Waals surface area contributed by atoms with Crippen LogP contribution in [0, 0.1) is 0 Å². The number of aromatic nitrogens is 2. The molecule has 0 saturated carbocycles. The fourth-order valence-corrected chi connectivity index (χ4v) is 2.67. The first-order valence-corrected chi connectivity index (χ1v) is 7.81. The van der Waals surface area contributed by atoms with Crippen molar-refractivity contribution < 1.29 is 13.9 Å². The van der Waals surface area contributed by atoms with E-state index in [2.05, 4.69) is 9.97 Å². The lowest BCUT2D eigenvalue weighted by atomic mass is 10.2. The van der Waals surface area contributed by atoms with Gasteiger partial charge in [0.15, 0.2) is 12.4 Å². The Labute approximate surface area is 137 Å². The zero-order chi connectivity index (χ0) is 16.2. The van der Waals surface area contributed by atoms with Crippen molar-refractivity contribution in [3.63, 3.8) is 0 Å². The number of pyridine rings is 1. The molecule has 0 radical (unpaired) electrons. The summed E-state index contributed by atoms with van der Waals surface area (Å²) in [5.74, 6) is 1.14. The van der Waals surface area contributed by atoms with Gasteiger partial charge >= 0.3 is 5.97 Å². The molecule has 3 rings (SSSR count). The molecule has 118 valence electrons. The number of hydrogen-bond acceptors (Lipinski definition) is 7. The van der Waals surface area contributed by atoms with Crippen LogP contribution in [0.2, 0.25) is 0 Å². The highest BCUT2D eigenvalue weighted by molar-refractivity contribution is 7.13. The molecular formula is C16H15N3O3S. The molecular weight excluding hydrogens is 314 g/mol. The van der Waals surface area contributed by atoms with Crippen molar-refractivity contribution in [3.05, 3.63) is 53.4 Å². The quantitative estimate of drug-likeness (QED) is 0.670. The lowest BCUT2D eigenvalue weighted by molar-refractivity contribution is 0.0446. The Hall–Kier alpha value is -2.67. The number of anilines is 1. The molecule has 0 spiro atoms. The van der Waals surface area contributed by atoms with E-state index in [1.165, 1.54) is 11.3 Å². The van der Waals surface area contributed by atoms with Crippen LogP contribution < -0.4 is 4.90 Å². The summed E-state index contributed by atoms with van der Waals surface area (Å²) in [5, 5.41) is 1.95. The Bertz CT molecular complexity index is 797. The number of thiophene rings is 1. The van der Waals surface area contributed by atoms with Crippen LogP contribution in [0.1, 0.15) is 16.1 Å². The number of carbonyl (C=O) groups excluding carboxylic acids is 1. The SMILES string of the molecule is CN(C)c1ncccc1C(=O)OCc1cnc(-c2cccs2)o1. The van der Waals surface area contributed by atoms with Crippen LogP contribution in [0.15, 0.2) is 46.5 Å². The topological polar surface area (TPSA) is 68.5 Å². The average Bonchev–Trinajstić information content (AvgIpc) is 3.23. The molecule has 3 aromatic heterocycles. The number of hydrogen-bond donors (Lipinski definition) is 0. The molecule has 0 aliphatic rings. The van der Waals surface area contributed by atoms with Gasteiger partial charge in [0.1, 0.15) is 11.4 Å². The lowest BCUT2D eigenvalue weighted by Crippen LogP contribution is -2.16. The predicted molar refractivity (Wildman–Crippen MR) is 87.5 cm³/mol. The van der Waals surface area contributed by atoms with Crippen molar-refractivity contribution >= 4 is 23.1 Å². The van der Waals surface area contributed by atoms with Crippen LogP contribution in [-0.2, 0) is 11.3 Å². The molecule has 0 aromatic carbocycles. The van der Waals surface area contributed by atoms with Gasteiger partial charge in [0.25, 0.3) is 0 Å². The van der Waals surface area contributed by atoms with Crippen molar-refractivity contribution in [1.29, 1.82) is 0 Å². The molecule has 23 heavy (non-hydrogen) atoms. The molecule has 0 aliphatic heterocycles. The molecule has 0 atom stereocenters. The third-order valence-corrected chi connectivity index (χ3v) is 3.92. The number of oxazole rings is 1. The van der Waals surface area contributed by atoms with E-state index in [0.29, 0.717) is 23.0 Å². The number of nitrogens with zero attached hydrogens (tertiary/aromatic N) is 3. The van der Waals surface area contributed by atoms with Gasteiger partial charge in [-0.05, 0) is 23.6 Å². The zero-order valence-electron chi connectivity index (χ0n) is 12.7. The predicted octanol–water partition coefficient (Wildman–Crippen LogP) is 3.22. The summed E-state index contributed by atoms with van der Waals surface area (Å²) in [6.07, 6.45) is 3.20. The van der Waals surface area contributed by atoms with E-state index < -0.39 is 5.97 Å². The Kier molecular flexibility index (Phi) is 4.38. The minimum absolute atomic E-state index is 0.0268. The summed E-state index contributed by atoms with van der Waals surface area (Å²) >= 11 is 1.54. The molecule has 0 bridgehead atoms. The van der Waals surface area contributed by atoms with Gasteiger partial charge in [0.05, 0.1) is 11.1 Å². The van der Waals surface area contributed by atoms with Crippen molar-refractivity contribution in [2.45, 2.75) is 6.61 Å². The maximum atomic E-state index is 12.2. The maximum Gasteiger partial charge on any atom is 0.342 e. The van der Waals surface area contributed by atoms with Gasteiger partial charge in [-0.3, -0.25) is 0 Å². The van der Waals surface area contributed by atoms with Crippen LogP contribution >= 0.6 is 11.3 Å². The first-order chi connectivity index (χ1) is 11.1. The monoisotopic (exact) mass is 329 g/mol. The van der Waals surface area contributed by atoms with Crippen LogP contribution in [-0.4, -0.2) is 30.0 Å². The highest BCUT2D eigenvalue weighted by atomic mass is 32.1. The minimum atomic E-state index is -0.448. The highest BCUT2D eigenvalue weighted by Crippen LogP contribution is 2.24. The summed E-state index contributed by atoms with van der Waals surface area (Å²) in [7, 11) is 3.64. The number of ether oxygens (including phenoxy) is 1. The van der Waals surface area contributed by atoms with E-state index in [0.717, 1.165) is 4.88 Å². The lowest BCUT2D eigenvalue weighted by Gasteiger charge is -2.14. The zero-order valence-corrected chi connectivity index (χ0v) is 13.5. The summed E-state index contributed by atoms with van der Waals surface area (Å²) in [6.45, 7) is 0.0268. The summed E-state index contributed by atoms with van der Waals surface area (Å²) in [4.78, 5) is 23.3. The fraction of sp³-hybridized carbons (Fsp3) is 0.188. The second-order valence-corrected chi connectivity index (χ2v) is 5.90. The molecule has 3 aromatic rings. The number of rotatable bonds is 5. The first kappa shape index (κ1) is 15.2. The maximum absolute atomic E-state index is 12.2. The summed E-state index contributed by atoms with van der Waals surface area (Å²) in [6, 6.07) is 7.23. The van der Waals surface area contributed by atoms with Crippen molar-refractivity contribution in [2.24, 2.45) is 0 Å². The molecule has 0 N–H and O–H groups in total. The largest absolute Gasteiger partial charge is 0.454 e. The van der Waals surface area contributed by atoms with Crippen molar-refractivity contribution in [3.8, 4) is 10.8 Å². The van der Waals surface area contributed by atoms with E-state index in [4.69, 9.17) is 9.15 Å². The van der Waals surface area contributed by atoms with Crippen LogP contribution in [0.25, 0.3) is 10.8 Å². The third kappa shape index (κ3) is 3.40. The Morgan fingerprint density at radius 2 is 2.17 bits per heavy atom. The van der Waals surface area contributed by atoms with Crippen LogP contribution in [0.3, 0.4) is 0 Å². The van der Waals surface area contributed by atoms with E-state index in [1.807, 2.05) is 31.6 Å². The van der Waals surface area contributed by atoms with E-state index in [-0.39, 0.29) is 6.61 Å². The molecule has 6 nitrogen and oxygen atoms in total. The molecule has 3 heterocycles. The van der Waals surface area contributed by atoms with E-state index in [9.17, 15) is 4.79 Å². The van der Waals surface area contributed by atoms with Gasteiger partial charge in [-0.1, -0.05) is 6.07 Å². The second kappa shape index (κ2) is 6.62. The summed E-state index contributed by atoms with van der Waals surface area (Å²) in [5.41, 5.74) is 0.412. The van der Waals surface area contributed by atoms with Crippen LogP contribution in [0.4, 0.5) is 5.82 Å². The fourth-order valence-electron chi connectivity index (χ4n) is 2.02. The molecule has 7 heteroatoms. The first-order valence-electron chi connectivity index (χ1n) is 6.93. The van der Waals surface area contributed by atoms with Gasteiger partial charge in [0.2, 0.25) is 5.89 Å². The Morgan fingerprint density at radius 3 is 2.91 bits per heavy atom. The van der Waals surface area contributed by atoms with Gasteiger partial charge in [-0.2, -0.15) is 0 Å². The van der Waals surface area contributed by atoms with Gasteiger partial charge in [-0.25, -0.2) is 14.8 Å². The number of carbonyl (C=O) groups is 1. The standard InChI is InChI=1S/C16H15N3O3S/c1-19(2)14-12(5-3-7-17-14)16(20)21-10-11-9-18-15(22-11)13-6-4-8-23-13/h3-9H,10H2,1-2H3.